The summed E-state index contributed by atoms with van der Waals surface area (Å²) in [4.78, 5) is 60.3. The second kappa shape index (κ2) is 14.8. The van der Waals surface area contributed by atoms with E-state index in [2.05, 4.69) is 20.9 Å². The number of urea groups is 1. The Morgan fingerprint density at radius 2 is 1.88 bits per heavy atom. The summed E-state index contributed by atoms with van der Waals surface area (Å²) in [6.07, 6.45) is 3.38. The number of nitrogens with one attached hydrogen (secondary N) is 3. The Bertz CT molecular complexity index is 2010. The summed E-state index contributed by atoms with van der Waals surface area (Å²) in [6.45, 7) is 7.67. The summed E-state index contributed by atoms with van der Waals surface area (Å²) < 4.78 is 25.9. The SMILES string of the molecule is Cc1cc(Oc2ccccc2)ccc1N1C(=O)Nc2c(C(=O)N[C@@H]3CCCN(C(=O)/C(F)=C/CCNC(=O)OC(C)(C)C)C3)sc3nccc1c23. The molecular formula is C37H39FN6O6S. The first kappa shape index (κ1) is 35.3. The van der Waals surface area contributed by atoms with Gasteiger partial charge in [-0.2, -0.15) is 0 Å². The number of carbonyl (C=O) groups excluding carboxylic acids is 4. The second-order valence-corrected chi connectivity index (χ2v) is 14.3. The van der Waals surface area contributed by atoms with E-state index in [1.165, 1.54) is 4.90 Å². The van der Waals surface area contributed by atoms with E-state index in [1.54, 1.807) is 44.0 Å². The third-order valence-electron chi connectivity index (χ3n) is 8.22. The van der Waals surface area contributed by atoms with Gasteiger partial charge in [-0.1, -0.05) is 18.2 Å². The maximum Gasteiger partial charge on any atom is 0.407 e. The maximum atomic E-state index is 14.8. The number of pyridine rings is 1. The highest BCUT2D eigenvalue weighted by Gasteiger charge is 2.34. The van der Waals surface area contributed by atoms with Crippen LogP contribution in [0.15, 0.2) is 72.7 Å². The number of para-hydroxylation sites is 1. The van der Waals surface area contributed by atoms with Gasteiger partial charge in [0.2, 0.25) is 0 Å². The Hall–Kier alpha value is -5.50. The molecule has 3 N–H and O–H groups in total. The standard InChI is InChI=1S/C37H39FN6O6S/c1-22-20-25(49-24-11-6-5-7-12-24)14-15-27(22)44-28-16-18-39-33-29(28)30(42-35(44)47)31(51-33)32(45)41-23-10-9-19-43(21-23)34(46)26(38)13-8-17-40-36(48)50-37(2,3)4/h5-7,11-16,18,20,23H,8-10,17,19,21H2,1-4H3,(H,40,48)(H,41,45)(H,42,47)/b26-13-/t23-/m1/s1. The molecule has 1 saturated heterocycles. The molecule has 14 heteroatoms. The maximum absolute atomic E-state index is 14.8. The molecule has 0 aliphatic carbocycles. The van der Waals surface area contributed by atoms with Gasteiger partial charge in [-0.3, -0.25) is 14.5 Å². The number of ether oxygens (including phenoxy) is 2. The van der Waals surface area contributed by atoms with Crippen molar-refractivity contribution in [1.29, 1.82) is 0 Å². The van der Waals surface area contributed by atoms with Crippen molar-refractivity contribution in [2.45, 2.75) is 58.6 Å². The average molecular weight is 715 g/mol. The fourth-order valence-corrected chi connectivity index (χ4v) is 7.03. The van der Waals surface area contributed by atoms with Gasteiger partial charge in [-0.15, -0.1) is 11.3 Å². The highest BCUT2D eigenvalue weighted by Crippen LogP contribution is 2.46. The summed E-state index contributed by atoms with van der Waals surface area (Å²) in [5.74, 6) is -0.803. The molecule has 2 aromatic carbocycles. The van der Waals surface area contributed by atoms with Crippen LogP contribution in [-0.4, -0.2) is 65.1 Å². The van der Waals surface area contributed by atoms with Crippen LogP contribution in [0.2, 0.25) is 0 Å². The van der Waals surface area contributed by atoms with Crippen LogP contribution in [0.4, 0.5) is 31.0 Å². The van der Waals surface area contributed by atoms with Gasteiger partial charge in [0.1, 0.15) is 26.8 Å². The van der Waals surface area contributed by atoms with Crippen molar-refractivity contribution in [2.24, 2.45) is 0 Å². The molecule has 2 aromatic heterocycles. The van der Waals surface area contributed by atoms with Crippen molar-refractivity contribution in [3.05, 3.63) is 83.1 Å². The number of benzene rings is 2. The topological polar surface area (TPSA) is 142 Å². The number of aromatic nitrogens is 1. The fourth-order valence-electron chi connectivity index (χ4n) is 6.01. The Kier molecular flexibility index (Phi) is 10.2. The zero-order chi connectivity index (χ0) is 36.3. The van der Waals surface area contributed by atoms with E-state index in [-0.39, 0.29) is 24.4 Å². The number of piperidine rings is 1. The number of amides is 5. The minimum absolute atomic E-state index is 0.103. The number of thiophene rings is 1. The Labute approximate surface area is 298 Å². The molecule has 1 atom stereocenters. The molecule has 0 radical (unpaired) electrons. The van der Waals surface area contributed by atoms with Gasteiger partial charge in [0.05, 0.1) is 22.4 Å². The fraction of sp³-hybridized carbons (Fsp3) is 0.324. The number of aryl methyl sites for hydroxylation is 1. The first-order chi connectivity index (χ1) is 24.4. The minimum Gasteiger partial charge on any atom is -0.457 e. The third-order valence-corrected chi connectivity index (χ3v) is 9.32. The quantitative estimate of drug-likeness (QED) is 0.120. The molecule has 0 bridgehead atoms. The van der Waals surface area contributed by atoms with Crippen molar-refractivity contribution in [3.8, 4) is 11.5 Å². The lowest BCUT2D eigenvalue weighted by Gasteiger charge is -2.33. The van der Waals surface area contributed by atoms with Gasteiger partial charge in [0.15, 0.2) is 5.83 Å². The number of halogens is 1. The zero-order valence-corrected chi connectivity index (χ0v) is 29.6. The van der Waals surface area contributed by atoms with Crippen LogP contribution < -0.4 is 25.6 Å². The van der Waals surface area contributed by atoms with Crippen LogP contribution in [0, 0.1) is 6.92 Å². The third kappa shape index (κ3) is 8.12. The number of rotatable bonds is 9. The second-order valence-electron chi connectivity index (χ2n) is 13.3. The van der Waals surface area contributed by atoms with E-state index in [0.717, 1.165) is 23.0 Å². The number of anilines is 3. The Morgan fingerprint density at radius 3 is 2.63 bits per heavy atom. The summed E-state index contributed by atoms with van der Waals surface area (Å²) in [5.41, 5.74) is 1.76. The van der Waals surface area contributed by atoms with E-state index >= 15 is 0 Å². The average Bonchev–Trinajstić information content (AvgIpc) is 3.46. The zero-order valence-electron chi connectivity index (χ0n) is 28.7. The highest BCUT2D eigenvalue weighted by atomic mass is 32.1. The molecule has 1 fully saturated rings. The van der Waals surface area contributed by atoms with Crippen molar-refractivity contribution >= 4 is 62.6 Å². The number of hydrogen-bond acceptors (Lipinski definition) is 8. The van der Waals surface area contributed by atoms with Crippen molar-refractivity contribution in [3.63, 3.8) is 0 Å². The number of hydrogen-bond donors (Lipinski definition) is 3. The van der Waals surface area contributed by atoms with Gasteiger partial charge in [0.25, 0.3) is 11.8 Å². The van der Waals surface area contributed by atoms with E-state index in [9.17, 15) is 23.6 Å². The molecule has 0 unspecified atom stereocenters. The lowest BCUT2D eigenvalue weighted by molar-refractivity contribution is -0.130. The summed E-state index contributed by atoms with van der Waals surface area (Å²) in [6, 6.07) is 15.8. The monoisotopic (exact) mass is 714 g/mol. The molecule has 0 saturated carbocycles. The van der Waals surface area contributed by atoms with E-state index < -0.39 is 41.4 Å². The molecule has 2 aliphatic heterocycles. The van der Waals surface area contributed by atoms with Gasteiger partial charge in [-0.25, -0.2) is 19.0 Å². The van der Waals surface area contributed by atoms with Crippen LogP contribution in [0.3, 0.4) is 0 Å². The van der Waals surface area contributed by atoms with Crippen molar-refractivity contribution < 1.29 is 33.0 Å². The molecule has 5 amide bonds. The number of carbonyl (C=O) groups is 4. The molecule has 12 nitrogen and oxygen atoms in total. The molecule has 6 rings (SSSR count). The van der Waals surface area contributed by atoms with Crippen LogP contribution in [0.25, 0.3) is 10.2 Å². The number of alkyl carbamates (subject to hydrolysis) is 1. The van der Waals surface area contributed by atoms with Crippen molar-refractivity contribution in [1.82, 2.24) is 20.5 Å². The van der Waals surface area contributed by atoms with E-state index in [1.807, 2.05) is 49.4 Å². The first-order valence-corrected chi connectivity index (χ1v) is 17.5. The molecule has 51 heavy (non-hydrogen) atoms. The molecule has 2 aliphatic rings. The predicted molar refractivity (Wildman–Crippen MR) is 194 cm³/mol. The molecule has 4 heterocycles. The Balaban J connectivity index is 1.13. The molecule has 0 spiro atoms. The lowest BCUT2D eigenvalue weighted by atomic mass is 10.0. The number of likely N-dealkylation sites (tertiary alicyclic amines) is 1. The molecular weight excluding hydrogens is 676 g/mol. The van der Waals surface area contributed by atoms with Crippen LogP contribution >= 0.6 is 11.3 Å². The normalized spacial score (nSPS) is 16.1. The van der Waals surface area contributed by atoms with Crippen LogP contribution in [-0.2, 0) is 9.53 Å². The highest BCUT2D eigenvalue weighted by molar-refractivity contribution is 7.21. The minimum atomic E-state index is -0.929. The molecule has 4 aromatic rings. The van der Waals surface area contributed by atoms with E-state index in [4.69, 9.17) is 9.47 Å². The van der Waals surface area contributed by atoms with Crippen molar-refractivity contribution in [2.75, 3.05) is 29.9 Å². The lowest BCUT2D eigenvalue weighted by Crippen LogP contribution is -2.49. The molecule has 266 valence electrons. The smallest absolute Gasteiger partial charge is 0.407 e. The van der Waals surface area contributed by atoms with Gasteiger partial charge < -0.3 is 30.3 Å². The predicted octanol–water partition coefficient (Wildman–Crippen LogP) is 7.57. The summed E-state index contributed by atoms with van der Waals surface area (Å²) in [7, 11) is 0. The van der Waals surface area contributed by atoms with E-state index in [0.29, 0.717) is 58.2 Å². The van der Waals surface area contributed by atoms with Gasteiger partial charge in [-0.05, 0) is 95.0 Å². The largest absolute Gasteiger partial charge is 0.457 e. The number of nitrogens with zero attached hydrogens (tertiary/aromatic N) is 3. The first-order valence-electron chi connectivity index (χ1n) is 16.7. The van der Waals surface area contributed by atoms with Crippen LogP contribution in [0.1, 0.15) is 55.3 Å². The van der Waals surface area contributed by atoms with Gasteiger partial charge >= 0.3 is 12.1 Å². The summed E-state index contributed by atoms with van der Waals surface area (Å²) >= 11 is 1.16. The summed E-state index contributed by atoms with van der Waals surface area (Å²) in [5, 5.41) is 9.07. The Morgan fingerprint density at radius 1 is 1.10 bits per heavy atom. The van der Waals surface area contributed by atoms with Crippen LogP contribution in [0.5, 0.6) is 11.5 Å². The van der Waals surface area contributed by atoms with Gasteiger partial charge in [0, 0.05) is 31.9 Å².